The molecule has 0 amide bonds. The Morgan fingerprint density at radius 2 is 2.17 bits per heavy atom. The molecule has 1 heterocycles. The summed E-state index contributed by atoms with van der Waals surface area (Å²) < 4.78 is 30.1. The first-order chi connectivity index (χ1) is 8.38. The highest BCUT2D eigenvalue weighted by molar-refractivity contribution is 7.88. The van der Waals surface area contributed by atoms with E-state index in [0.717, 1.165) is 19.3 Å². The molecular weight excluding hydrogens is 252 g/mol. The maximum Gasteiger partial charge on any atom is 0.211 e. The minimum absolute atomic E-state index is 0.142. The van der Waals surface area contributed by atoms with Crippen molar-refractivity contribution in [3.05, 3.63) is 0 Å². The van der Waals surface area contributed by atoms with E-state index in [4.69, 9.17) is 4.74 Å². The molecule has 0 aromatic rings. The van der Waals surface area contributed by atoms with Crippen LogP contribution in [0, 0.1) is 5.92 Å². The van der Waals surface area contributed by atoms with Crippen LogP contribution in [0.2, 0.25) is 0 Å². The zero-order chi connectivity index (χ0) is 13.8. The van der Waals surface area contributed by atoms with Crippen molar-refractivity contribution in [1.29, 1.82) is 0 Å². The van der Waals surface area contributed by atoms with Gasteiger partial charge < -0.3 is 10.1 Å². The molecule has 3 atom stereocenters. The highest BCUT2D eigenvalue weighted by Crippen LogP contribution is 2.23. The van der Waals surface area contributed by atoms with Gasteiger partial charge in [0.05, 0.1) is 12.4 Å². The van der Waals surface area contributed by atoms with E-state index in [1.54, 1.807) is 11.4 Å². The zero-order valence-electron chi connectivity index (χ0n) is 11.8. The smallest absolute Gasteiger partial charge is 0.211 e. The first-order valence-corrected chi connectivity index (χ1v) is 8.38. The summed E-state index contributed by atoms with van der Waals surface area (Å²) in [5.41, 5.74) is 0. The third kappa shape index (κ3) is 4.50. The number of hydrogen-bond acceptors (Lipinski definition) is 4. The van der Waals surface area contributed by atoms with Crippen LogP contribution in [-0.2, 0) is 14.8 Å². The van der Waals surface area contributed by atoms with Crippen LogP contribution >= 0.6 is 0 Å². The van der Waals surface area contributed by atoms with Crippen LogP contribution in [0.1, 0.15) is 26.2 Å². The number of methoxy groups -OCH3 is 1. The van der Waals surface area contributed by atoms with Gasteiger partial charge in [-0.1, -0.05) is 0 Å². The molecule has 108 valence electrons. The molecule has 6 heteroatoms. The third-order valence-electron chi connectivity index (χ3n) is 3.85. The Balaban J connectivity index is 2.56. The number of nitrogens with one attached hydrogen (secondary N) is 1. The number of nitrogens with zero attached hydrogens (tertiary/aromatic N) is 1. The van der Waals surface area contributed by atoms with E-state index in [2.05, 4.69) is 5.32 Å². The molecule has 0 aromatic carbocycles. The molecule has 0 spiro atoms. The van der Waals surface area contributed by atoms with Gasteiger partial charge in [0.25, 0.3) is 0 Å². The molecule has 0 radical (unpaired) electrons. The monoisotopic (exact) mass is 278 g/mol. The Hall–Kier alpha value is -0.170. The molecular formula is C12H26N2O3S. The van der Waals surface area contributed by atoms with Crippen molar-refractivity contribution in [3.63, 3.8) is 0 Å². The first kappa shape index (κ1) is 15.9. The average Bonchev–Trinajstić information content (AvgIpc) is 2.34. The van der Waals surface area contributed by atoms with Crippen molar-refractivity contribution in [3.8, 4) is 0 Å². The Bertz CT molecular complexity index is 345. The SMILES string of the molecule is CNC(CC1CCCN(S(C)(=O)=O)C1)C(C)OC. The first-order valence-electron chi connectivity index (χ1n) is 6.53. The fourth-order valence-electron chi connectivity index (χ4n) is 2.59. The number of ether oxygens (including phenoxy) is 1. The summed E-state index contributed by atoms with van der Waals surface area (Å²) in [6.45, 7) is 3.35. The van der Waals surface area contributed by atoms with Gasteiger partial charge in [-0.05, 0) is 39.2 Å². The van der Waals surface area contributed by atoms with Crippen molar-refractivity contribution < 1.29 is 13.2 Å². The summed E-state index contributed by atoms with van der Waals surface area (Å²) in [4.78, 5) is 0. The predicted octanol–water partition coefficient (Wildman–Crippen LogP) is 0.671. The number of sulfonamides is 1. The van der Waals surface area contributed by atoms with Crippen molar-refractivity contribution in [1.82, 2.24) is 9.62 Å². The van der Waals surface area contributed by atoms with Gasteiger partial charge in [0.2, 0.25) is 10.0 Å². The Morgan fingerprint density at radius 1 is 1.50 bits per heavy atom. The second-order valence-corrected chi connectivity index (χ2v) is 7.18. The minimum atomic E-state index is -3.05. The van der Waals surface area contributed by atoms with E-state index in [0.29, 0.717) is 19.0 Å². The van der Waals surface area contributed by atoms with Crippen LogP contribution in [0.4, 0.5) is 0 Å². The second-order valence-electron chi connectivity index (χ2n) is 5.20. The van der Waals surface area contributed by atoms with E-state index in [1.165, 1.54) is 6.26 Å². The van der Waals surface area contributed by atoms with Crippen molar-refractivity contribution in [2.24, 2.45) is 5.92 Å². The Kier molecular flexibility index (Phi) is 6.04. The van der Waals surface area contributed by atoms with Gasteiger partial charge in [0, 0.05) is 26.2 Å². The molecule has 5 nitrogen and oxygen atoms in total. The molecule has 1 aliphatic heterocycles. The average molecular weight is 278 g/mol. The highest BCUT2D eigenvalue weighted by Gasteiger charge is 2.28. The molecule has 18 heavy (non-hydrogen) atoms. The molecule has 0 bridgehead atoms. The zero-order valence-corrected chi connectivity index (χ0v) is 12.7. The largest absolute Gasteiger partial charge is 0.380 e. The number of rotatable bonds is 6. The maximum absolute atomic E-state index is 11.6. The quantitative estimate of drug-likeness (QED) is 0.776. The van der Waals surface area contributed by atoms with Gasteiger partial charge in [-0.2, -0.15) is 0 Å². The third-order valence-corrected chi connectivity index (χ3v) is 5.12. The van der Waals surface area contributed by atoms with Crippen molar-refractivity contribution in [2.75, 3.05) is 33.5 Å². The second kappa shape index (κ2) is 6.84. The summed E-state index contributed by atoms with van der Waals surface area (Å²) in [5.74, 6) is 0.420. The van der Waals surface area contributed by atoms with Crippen LogP contribution in [0.5, 0.6) is 0 Å². The predicted molar refractivity (Wildman–Crippen MR) is 73.1 cm³/mol. The maximum atomic E-state index is 11.6. The van der Waals surface area contributed by atoms with Crippen molar-refractivity contribution in [2.45, 2.75) is 38.3 Å². The molecule has 1 aliphatic rings. The van der Waals surface area contributed by atoms with Crippen LogP contribution in [0.3, 0.4) is 0 Å². The van der Waals surface area contributed by atoms with Crippen LogP contribution in [0.25, 0.3) is 0 Å². The fourth-order valence-corrected chi connectivity index (χ4v) is 3.53. The highest BCUT2D eigenvalue weighted by atomic mass is 32.2. The summed E-state index contributed by atoms with van der Waals surface area (Å²) in [7, 11) is 0.590. The molecule has 0 aliphatic carbocycles. The number of hydrogen-bond donors (Lipinski definition) is 1. The van der Waals surface area contributed by atoms with Crippen LogP contribution in [0.15, 0.2) is 0 Å². The van der Waals surface area contributed by atoms with E-state index in [1.807, 2.05) is 14.0 Å². The standard InChI is InChI=1S/C12H26N2O3S/c1-10(17-3)12(13-2)8-11-6-5-7-14(9-11)18(4,15)16/h10-13H,5-9H2,1-4H3. The number of likely N-dealkylation sites (N-methyl/N-ethyl adjacent to an activating group) is 1. The molecule has 0 aromatic heterocycles. The topological polar surface area (TPSA) is 58.6 Å². The van der Waals surface area contributed by atoms with E-state index < -0.39 is 10.0 Å². The Labute approximate surface area is 111 Å². The minimum Gasteiger partial charge on any atom is -0.380 e. The van der Waals surface area contributed by atoms with Gasteiger partial charge >= 0.3 is 0 Å². The lowest BCUT2D eigenvalue weighted by Gasteiger charge is -2.34. The van der Waals surface area contributed by atoms with E-state index in [9.17, 15) is 8.42 Å². The number of piperidine rings is 1. The fraction of sp³-hybridized carbons (Fsp3) is 1.00. The lowest BCUT2D eigenvalue weighted by molar-refractivity contribution is 0.0721. The van der Waals surface area contributed by atoms with Gasteiger partial charge in [0.1, 0.15) is 0 Å². The van der Waals surface area contributed by atoms with E-state index >= 15 is 0 Å². The Morgan fingerprint density at radius 3 is 2.67 bits per heavy atom. The van der Waals surface area contributed by atoms with Crippen LogP contribution in [-0.4, -0.2) is 58.4 Å². The molecule has 3 unspecified atom stereocenters. The molecule has 1 rings (SSSR count). The molecule has 1 saturated heterocycles. The summed E-state index contributed by atoms with van der Waals surface area (Å²) in [5, 5.41) is 3.26. The lowest BCUT2D eigenvalue weighted by Crippen LogP contribution is -2.44. The molecule has 1 fully saturated rings. The molecule has 0 saturated carbocycles. The van der Waals surface area contributed by atoms with Gasteiger partial charge in [0.15, 0.2) is 0 Å². The van der Waals surface area contributed by atoms with Gasteiger partial charge in [-0.15, -0.1) is 0 Å². The lowest BCUT2D eigenvalue weighted by atomic mass is 9.90. The summed E-state index contributed by atoms with van der Waals surface area (Å²) in [6, 6.07) is 0.277. The van der Waals surface area contributed by atoms with Crippen LogP contribution < -0.4 is 5.32 Å². The van der Waals surface area contributed by atoms with Gasteiger partial charge in [-0.3, -0.25) is 0 Å². The summed E-state index contributed by atoms with van der Waals surface area (Å²) >= 11 is 0. The van der Waals surface area contributed by atoms with Crippen molar-refractivity contribution >= 4 is 10.0 Å². The van der Waals surface area contributed by atoms with Gasteiger partial charge in [-0.25, -0.2) is 12.7 Å². The normalized spacial score (nSPS) is 25.9. The van der Waals surface area contributed by atoms with E-state index in [-0.39, 0.29) is 12.1 Å². The summed E-state index contributed by atoms with van der Waals surface area (Å²) in [6.07, 6.45) is 4.44. The molecule has 1 N–H and O–H groups in total.